The van der Waals surface area contributed by atoms with Gasteiger partial charge in [0.25, 0.3) is 5.91 Å². The summed E-state index contributed by atoms with van der Waals surface area (Å²) in [5.74, 6) is -1.82. The predicted molar refractivity (Wildman–Crippen MR) is 131 cm³/mol. The number of hydrogen-bond acceptors (Lipinski definition) is 3. The number of ether oxygens (including phenoxy) is 1. The zero-order valence-corrected chi connectivity index (χ0v) is 19.9. The highest BCUT2D eigenvalue weighted by Crippen LogP contribution is 2.18. The van der Waals surface area contributed by atoms with E-state index >= 15 is 0 Å². The largest absolute Gasteiger partial charge is 0.481 e. The molecule has 0 aliphatic heterocycles. The minimum Gasteiger partial charge on any atom is -0.481 e. The molecule has 3 aromatic carbocycles. The Balaban J connectivity index is 1.91. The van der Waals surface area contributed by atoms with E-state index in [1.165, 1.54) is 35.2 Å². The van der Waals surface area contributed by atoms with Crippen molar-refractivity contribution in [1.29, 1.82) is 0 Å². The molecule has 0 aromatic heterocycles. The van der Waals surface area contributed by atoms with E-state index in [-0.39, 0.29) is 30.7 Å². The van der Waals surface area contributed by atoms with Crippen LogP contribution in [0.3, 0.4) is 0 Å². The topological polar surface area (TPSA) is 58.6 Å². The lowest BCUT2D eigenvalue weighted by Crippen LogP contribution is -2.53. The van der Waals surface area contributed by atoms with E-state index in [9.17, 15) is 18.4 Å². The molecule has 0 saturated carbocycles. The first kappa shape index (κ1) is 25.9. The smallest absolute Gasteiger partial charge is 0.261 e. The summed E-state index contributed by atoms with van der Waals surface area (Å²) in [5.41, 5.74) is 1.53. The second-order valence-electron chi connectivity index (χ2n) is 8.39. The van der Waals surface area contributed by atoms with Gasteiger partial charge in [-0.25, -0.2) is 8.78 Å². The SMILES string of the molecule is CC[C@H](C)NC(=O)[C@@H](Cc1ccccc1)N(Cc1ccc(F)cc1)C(=O)COc1ccccc1F. The Kier molecular flexibility index (Phi) is 9.35. The van der Waals surface area contributed by atoms with Crippen LogP contribution in [-0.2, 0) is 22.6 Å². The van der Waals surface area contributed by atoms with Crippen LogP contribution in [0.25, 0.3) is 0 Å². The van der Waals surface area contributed by atoms with Crippen molar-refractivity contribution in [1.82, 2.24) is 10.2 Å². The van der Waals surface area contributed by atoms with Gasteiger partial charge in [0, 0.05) is 19.0 Å². The van der Waals surface area contributed by atoms with Gasteiger partial charge in [0.2, 0.25) is 5.91 Å². The van der Waals surface area contributed by atoms with Crippen LogP contribution in [-0.4, -0.2) is 35.4 Å². The standard InChI is InChI=1S/C28H30F2N2O3/c1-3-20(2)31-28(34)25(17-21-9-5-4-6-10-21)32(18-22-13-15-23(29)16-14-22)27(33)19-35-26-12-8-7-11-24(26)30/h4-16,20,25H,3,17-19H2,1-2H3,(H,31,34)/t20-,25+/m0/s1. The minimum absolute atomic E-state index is 0.0498. The van der Waals surface area contributed by atoms with Gasteiger partial charge >= 0.3 is 0 Å². The Labute approximate surface area is 204 Å². The average Bonchev–Trinajstić information content (AvgIpc) is 2.87. The van der Waals surface area contributed by atoms with Gasteiger partial charge in [-0.05, 0) is 48.7 Å². The number of benzene rings is 3. The van der Waals surface area contributed by atoms with Gasteiger partial charge in [0.15, 0.2) is 18.2 Å². The Morgan fingerprint density at radius 1 is 0.914 bits per heavy atom. The van der Waals surface area contributed by atoms with Crippen LogP contribution < -0.4 is 10.1 Å². The molecule has 0 fully saturated rings. The number of amides is 2. The summed E-state index contributed by atoms with van der Waals surface area (Å²) in [7, 11) is 0. The van der Waals surface area contributed by atoms with E-state index < -0.39 is 30.2 Å². The van der Waals surface area contributed by atoms with Crippen LogP contribution in [0.2, 0.25) is 0 Å². The molecule has 0 saturated heterocycles. The molecule has 2 atom stereocenters. The molecular weight excluding hydrogens is 450 g/mol. The fourth-order valence-electron chi connectivity index (χ4n) is 3.57. The van der Waals surface area contributed by atoms with Crippen LogP contribution in [0.1, 0.15) is 31.4 Å². The highest BCUT2D eigenvalue weighted by atomic mass is 19.1. The summed E-state index contributed by atoms with van der Waals surface area (Å²) in [6.45, 7) is 3.46. The number of rotatable bonds is 11. The van der Waals surface area contributed by atoms with Crippen molar-refractivity contribution in [3.05, 3.63) is 102 Å². The molecule has 3 aromatic rings. The quantitative estimate of drug-likeness (QED) is 0.425. The summed E-state index contributed by atoms with van der Waals surface area (Å²) in [4.78, 5) is 28.2. The number of carbonyl (C=O) groups is 2. The van der Waals surface area contributed by atoms with Crippen molar-refractivity contribution < 1.29 is 23.1 Å². The molecule has 0 radical (unpaired) electrons. The minimum atomic E-state index is -0.854. The molecule has 35 heavy (non-hydrogen) atoms. The van der Waals surface area contributed by atoms with Gasteiger partial charge in [-0.15, -0.1) is 0 Å². The van der Waals surface area contributed by atoms with Crippen LogP contribution in [0.15, 0.2) is 78.9 Å². The molecule has 0 spiro atoms. The lowest BCUT2D eigenvalue weighted by Gasteiger charge is -2.32. The molecule has 3 rings (SSSR count). The molecule has 0 aliphatic rings. The van der Waals surface area contributed by atoms with E-state index in [4.69, 9.17) is 4.74 Å². The molecule has 0 unspecified atom stereocenters. The van der Waals surface area contributed by atoms with Crippen molar-refractivity contribution in [3.8, 4) is 5.75 Å². The van der Waals surface area contributed by atoms with E-state index in [0.717, 1.165) is 12.0 Å². The summed E-state index contributed by atoms with van der Waals surface area (Å²) in [6.07, 6.45) is 1.00. The number of nitrogens with zero attached hydrogens (tertiary/aromatic N) is 1. The Morgan fingerprint density at radius 2 is 1.57 bits per heavy atom. The van der Waals surface area contributed by atoms with Crippen LogP contribution in [0.4, 0.5) is 8.78 Å². The third-order valence-corrected chi connectivity index (χ3v) is 5.73. The van der Waals surface area contributed by atoms with Crippen molar-refractivity contribution in [2.75, 3.05) is 6.61 Å². The fraction of sp³-hybridized carbons (Fsp3) is 0.286. The highest BCUT2D eigenvalue weighted by Gasteiger charge is 2.31. The van der Waals surface area contributed by atoms with Gasteiger partial charge < -0.3 is 15.0 Å². The maximum absolute atomic E-state index is 14.0. The molecule has 7 heteroatoms. The Bertz CT molecular complexity index is 1110. The summed E-state index contributed by atoms with van der Waals surface area (Å²) < 4.78 is 33.0. The van der Waals surface area contributed by atoms with Crippen molar-refractivity contribution >= 4 is 11.8 Å². The Morgan fingerprint density at radius 3 is 2.23 bits per heavy atom. The lowest BCUT2D eigenvalue weighted by molar-refractivity contribution is -0.143. The van der Waals surface area contributed by atoms with Gasteiger partial charge in [-0.2, -0.15) is 0 Å². The molecule has 0 bridgehead atoms. The number of carbonyl (C=O) groups excluding carboxylic acids is 2. The second-order valence-corrected chi connectivity index (χ2v) is 8.39. The van der Waals surface area contributed by atoms with Gasteiger partial charge in [-0.1, -0.05) is 61.5 Å². The Hall–Kier alpha value is -3.74. The molecule has 0 aliphatic carbocycles. The first-order valence-electron chi connectivity index (χ1n) is 11.6. The maximum atomic E-state index is 14.0. The number of halogens is 2. The molecule has 184 valence electrons. The molecule has 0 heterocycles. The zero-order chi connectivity index (χ0) is 25.2. The number of nitrogens with one attached hydrogen (secondary N) is 1. The van der Waals surface area contributed by atoms with Gasteiger partial charge in [0.05, 0.1) is 0 Å². The molecular formula is C28H30F2N2O3. The van der Waals surface area contributed by atoms with Crippen LogP contribution in [0, 0.1) is 11.6 Å². The van der Waals surface area contributed by atoms with Crippen molar-refractivity contribution in [2.45, 2.75) is 45.3 Å². The first-order chi connectivity index (χ1) is 16.9. The normalized spacial score (nSPS) is 12.5. The summed E-state index contributed by atoms with van der Waals surface area (Å²) in [5, 5.41) is 2.97. The number of hydrogen-bond donors (Lipinski definition) is 1. The third-order valence-electron chi connectivity index (χ3n) is 5.73. The van der Waals surface area contributed by atoms with Gasteiger partial charge in [0.1, 0.15) is 11.9 Å². The van der Waals surface area contributed by atoms with Crippen LogP contribution in [0.5, 0.6) is 5.75 Å². The summed E-state index contributed by atoms with van der Waals surface area (Å²) >= 11 is 0. The van der Waals surface area contributed by atoms with Gasteiger partial charge in [-0.3, -0.25) is 9.59 Å². The second kappa shape index (κ2) is 12.6. The molecule has 2 amide bonds. The van der Waals surface area contributed by atoms with E-state index in [2.05, 4.69) is 5.32 Å². The van der Waals surface area contributed by atoms with Crippen molar-refractivity contribution in [2.24, 2.45) is 0 Å². The van der Waals surface area contributed by atoms with E-state index in [1.54, 1.807) is 18.2 Å². The number of para-hydroxylation sites is 1. The third kappa shape index (κ3) is 7.64. The maximum Gasteiger partial charge on any atom is 0.261 e. The fourth-order valence-corrected chi connectivity index (χ4v) is 3.57. The van der Waals surface area contributed by atoms with Crippen molar-refractivity contribution in [3.63, 3.8) is 0 Å². The molecule has 1 N–H and O–H groups in total. The lowest BCUT2D eigenvalue weighted by atomic mass is 10.0. The monoisotopic (exact) mass is 480 g/mol. The summed E-state index contributed by atoms with van der Waals surface area (Å²) in [6, 6.07) is 20.0. The molecule has 5 nitrogen and oxygen atoms in total. The predicted octanol–water partition coefficient (Wildman–Crippen LogP) is 4.90. The van der Waals surface area contributed by atoms with Crippen LogP contribution >= 0.6 is 0 Å². The zero-order valence-electron chi connectivity index (χ0n) is 19.9. The van der Waals surface area contributed by atoms with E-state index in [1.807, 2.05) is 44.2 Å². The highest BCUT2D eigenvalue weighted by molar-refractivity contribution is 5.88. The average molecular weight is 481 g/mol. The van der Waals surface area contributed by atoms with E-state index in [0.29, 0.717) is 5.56 Å². The first-order valence-corrected chi connectivity index (χ1v) is 11.6.